The van der Waals surface area contributed by atoms with E-state index in [2.05, 4.69) is 4.98 Å². The summed E-state index contributed by atoms with van der Waals surface area (Å²) in [5.74, 6) is -1.31. The molecule has 1 atom stereocenters. The highest BCUT2D eigenvalue weighted by molar-refractivity contribution is 6.32. The Morgan fingerprint density at radius 1 is 1.41 bits per heavy atom. The Balaban J connectivity index is 2.78. The normalized spacial score (nSPS) is 12.1. The Bertz CT molecular complexity index is 548. The van der Waals surface area contributed by atoms with E-state index >= 15 is 0 Å². The zero-order valence-corrected chi connectivity index (χ0v) is 13.9. The van der Waals surface area contributed by atoms with E-state index in [4.69, 9.17) is 21.4 Å². The summed E-state index contributed by atoms with van der Waals surface area (Å²) in [5.41, 5.74) is 0.294. The van der Waals surface area contributed by atoms with E-state index in [9.17, 15) is 9.59 Å². The third kappa shape index (κ3) is 5.18. The minimum absolute atomic E-state index is 0.109. The van der Waals surface area contributed by atoms with Gasteiger partial charge >= 0.3 is 5.97 Å². The van der Waals surface area contributed by atoms with Crippen LogP contribution in [0.2, 0.25) is 5.02 Å². The van der Waals surface area contributed by atoms with E-state index in [0.717, 1.165) is 0 Å². The monoisotopic (exact) mass is 328 g/mol. The molecule has 0 spiro atoms. The van der Waals surface area contributed by atoms with Gasteiger partial charge in [0, 0.05) is 19.8 Å². The molecule has 122 valence electrons. The number of nitrogens with zero attached hydrogens (tertiary/aromatic N) is 2. The lowest BCUT2D eigenvalue weighted by atomic mass is 10.1. The molecule has 0 bridgehead atoms. The van der Waals surface area contributed by atoms with Gasteiger partial charge in [-0.2, -0.15) is 0 Å². The maximum absolute atomic E-state index is 12.2. The minimum atomic E-state index is -0.951. The molecule has 22 heavy (non-hydrogen) atoms. The lowest BCUT2D eigenvalue weighted by Gasteiger charge is -2.19. The molecule has 1 aromatic heterocycles. The van der Waals surface area contributed by atoms with Crippen LogP contribution in [-0.4, -0.2) is 47.1 Å². The summed E-state index contributed by atoms with van der Waals surface area (Å²) >= 11 is 6.07. The van der Waals surface area contributed by atoms with Crippen molar-refractivity contribution in [3.05, 3.63) is 22.8 Å². The van der Waals surface area contributed by atoms with Gasteiger partial charge in [-0.3, -0.25) is 9.59 Å². The van der Waals surface area contributed by atoms with Crippen molar-refractivity contribution in [3.63, 3.8) is 0 Å². The smallest absolute Gasteiger partial charge is 0.308 e. The number of pyridine rings is 1. The van der Waals surface area contributed by atoms with Crippen LogP contribution in [0, 0.1) is 11.8 Å². The number of carbonyl (C=O) groups excluding carboxylic acids is 1. The molecule has 0 radical (unpaired) electrons. The summed E-state index contributed by atoms with van der Waals surface area (Å²) < 4.78 is 5.44. The molecule has 1 rings (SSSR count). The zero-order valence-electron chi connectivity index (χ0n) is 13.2. The maximum Gasteiger partial charge on any atom is 0.308 e. The van der Waals surface area contributed by atoms with Gasteiger partial charge in [-0.15, -0.1) is 0 Å². The van der Waals surface area contributed by atoms with Crippen molar-refractivity contribution < 1.29 is 19.4 Å². The highest BCUT2D eigenvalue weighted by atomic mass is 35.5. The van der Waals surface area contributed by atoms with E-state index in [1.165, 1.54) is 17.2 Å². The average Bonchev–Trinajstić information content (AvgIpc) is 2.44. The second kappa shape index (κ2) is 7.98. The second-order valence-corrected chi connectivity index (χ2v) is 6.05. The van der Waals surface area contributed by atoms with Crippen LogP contribution in [0.25, 0.3) is 0 Å². The van der Waals surface area contributed by atoms with E-state index in [0.29, 0.717) is 18.1 Å². The lowest BCUT2D eigenvalue weighted by molar-refractivity contribution is -0.141. The lowest BCUT2D eigenvalue weighted by Crippen LogP contribution is -2.33. The first-order chi connectivity index (χ1) is 10.2. The molecule has 1 unspecified atom stereocenters. The molecule has 1 N–H and O–H groups in total. The molecular weight excluding hydrogens is 308 g/mol. The Morgan fingerprint density at radius 3 is 2.55 bits per heavy atom. The number of aromatic nitrogens is 1. The molecule has 1 heterocycles. The highest BCUT2D eigenvalue weighted by Crippen LogP contribution is 2.23. The molecule has 6 nitrogen and oxygen atoms in total. The van der Waals surface area contributed by atoms with Crippen LogP contribution in [0.1, 0.15) is 31.1 Å². The SMILES string of the molecule is CC(C)COc1ncc(C(=O)N(C)CC(C)C(=O)O)cc1Cl. The van der Waals surface area contributed by atoms with E-state index in [-0.39, 0.29) is 23.4 Å². The van der Waals surface area contributed by atoms with E-state index in [1.54, 1.807) is 14.0 Å². The molecule has 0 saturated heterocycles. The fourth-order valence-electron chi connectivity index (χ4n) is 1.69. The van der Waals surface area contributed by atoms with Gasteiger partial charge in [0.2, 0.25) is 5.88 Å². The number of ether oxygens (including phenoxy) is 1. The van der Waals surface area contributed by atoms with Crippen molar-refractivity contribution in [1.82, 2.24) is 9.88 Å². The van der Waals surface area contributed by atoms with Crippen molar-refractivity contribution in [1.29, 1.82) is 0 Å². The van der Waals surface area contributed by atoms with Gasteiger partial charge in [0.1, 0.15) is 5.02 Å². The number of carboxylic acid groups (broad SMARTS) is 1. The van der Waals surface area contributed by atoms with Crippen molar-refractivity contribution in [3.8, 4) is 5.88 Å². The molecule has 0 aliphatic rings. The number of amides is 1. The van der Waals surface area contributed by atoms with E-state index in [1.807, 2.05) is 13.8 Å². The minimum Gasteiger partial charge on any atom is -0.481 e. The molecule has 1 amide bonds. The predicted molar refractivity (Wildman–Crippen MR) is 83.3 cm³/mol. The van der Waals surface area contributed by atoms with Crippen LogP contribution in [0.4, 0.5) is 0 Å². The standard InChI is InChI=1S/C15H21ClN2O4/c1-9(2)8-22-13-12(16)5-11(6-17-13)14(19)18(4)7-10(3)15(20)21/h5-6,9-10H,7-8H2,1-4H3,(H,20,21). The van der Waals surface area contributed by atoms with Crippen LogP contribution in [0.15, 0.2) is 12.3 Å². The zero-order chi connectivity index (χ0) is 16.9. The summed E-state index contributed by atoms with van der Waals surface area (Å²) in [4.78, 5) is 28.4. The van der Waals surface area contributed by atoms with Crippen LogP contribution >= 0.6 is 11.6 Å². The molecular formula is C15H21ClN2O4. The number of hydrogen-bond acceptors (Lipinski definition) is 4. The van der Waals surface area contributed by atoms with Gasteiger partial charge in [-0.05, 0) is 12.0 Å². The first kappa shape index (κ1) is 18.2. The fourth-order valence-corrected chi connectivity index (χ4v) is 1.91. The summed E-state index contributed by atoms with van der Waals surface area (Å²) in [7, 11) is 1.54. The van der Waals surface area contributed by atoms with Crippen molar-refractivity contribution in [2.24, 2.45) is 11.8 Å². The van der Waals surface area contributed by atoms with Crippen molar-refractivity contribution in [2.75, 3.05) is 20.2 Å². The Labute approximate surface area is 135 Å². The van der Waals surface area contributed by atoms with Crippen molar-refractivity contribution in [2.45, 2.75) is 20.8 Å². The molecule has 0 aliphatic heterocycles. The van der Waals surface area contributed by atoms with E-state index < -0.39 is 11.9 Å². The van der Waals surface area contributed by atoms with Gasteiger partial charge in [-0.25, -0.2) is 4.98 Å². The largest absolute Gasteiger partial charge is 0.481 e. The molecule has 0 fully saturated rings. The quantitative estimate of drug-likeness (QED) is 0.832. The number of carboxylic acids is 1. The number of halogens is 1. The summed E-state index contributed by atoms with van der Waals surface area (Å²) in [6.45, 7) is 6.14. The maximum atomic E-state index is 12.2. The Kier molecular flexibility index (Phi) is 6.61. The topological polar surface area (TPSA) is 79.7 Å². The summed E-state index contributed by atoms with van der Waals surface area (Å²) in [6.07, 6.45) is 1.38. The Morgan fingerprint density at radius 2 is 2.05 bits per heavy atom. The summed E-state index contributed by atoms with van der Waals surface area (Å²) in [6, 6.07) is 1.48. The number of aliphatic carboxylic acids is 1. The van der Waals surface area contributed by atoms with Crippen LogP contribution in [0.5, 0.6) is 5.88 Å². The van der Waals surface area contributed by atoms with Gasteiger partial charge in [-0.1, -0.05) is 32.4 Å². The van der Waals surface area contributed by atoms with Crippen LogP contribution < -0.4 is 4.74 Å². The van der Waals surface area contributed by atoms with Gasteiger partial charge < -0.3 is 14.7 Å². The number of rotatable bonds is 7. The highest BCUT2D eigenvalue weighted by Gasteiger charge is 2.19. The summed E-state index contributed by atoms with van der Waals surface area (Å²) in [5, 5.41) is 9.14. The molecule has 0 aromatic carbocycles. The number of hydrogen-bond donors (Lipinski definition) is 1. The molecule has 7 heteroatoms. The first-order valence-corrected chi connectivity index (χ1v) is 7.36. The Hall–Kier alpha value is -1.82. The van der Waals surface area contributed by atoms with Crippen molar-refractivity contribution >= 4 is 23.5 Å². The van der Waals surface area contributed by atoms with Crippen LogP contribution in [0.3, 0.4) is 0 Å². The third-order valence-electron chi connectivity index (χ3n) is 2.92. The molecule has 1 aromatic rings. The second-order valence-electron chi connectivity index (χ2n) is 5.64. The first-order valence-electron chi connectivity index (χ1n) is 6.99. The molecule has 0 saturated carbocycles. The number of carbonyl (C=O) groups is 2. The van der Waals surface area contributed by atoms with Gasteiger partial charge in [0.25, 0.3) is 5.91 Å². The van der Waals surface area contributed by atoms with Gasteiger partial charge in [0.15, 0.2) is 0 Å². The van der Waals surface area contributed by atoms with Crippen LogP contribution in [-0.2, 0) is 4.79 Å². The third-order valence-corrected chi connectivity index (χ3v) is 3.19. The predicted octanol–water partition coefficient (Wildman–Crippen LogP) is 2.56. The molecule has 0 aliphatic carbocycles. The fraction of sp³-hybridized carbons (Fsp3) is 0.533. The van der Waals surface area contributed by atoms with Gasteiger partial charge in [0.05, 0.1) is 18.1 Å². The average molecular weight is 329 g/mol.